The molecule has 5 heteroatoms. The summed E-state index contributed by atoms with van der Waals surface area (Å²) in [6.45, 7) is 1.47. The van der Waals surface area contributed by atoms with Crippen molar-refractivity contribution in [2.45, 2.75) is 13.0 Å². The molecule has 2 heterocycles. The monoisotopic (exact) mass is 355 g/mol. The van der Waals surface area contributed by atoms with Gasteiger partial charge in [-0.2, -0.15) is 0 Å². The lowest BCUT2D eigenvalue weighted by atomic mass is 10.1. The van der Waals surface area contributed by atoms with Crippen LogP contribution in [0.1, 0.15) is 11.1 Å². The van der Waals surface area contributed by atoms with Crippen LogP contribution >= 0.6 is 0 Å². The maximum atomic E-state index is 4.52. The number of pyridine rings is 1. The molecule has 0 aliphatic heterocycles. The first-order valence-electron chi connectivity index (χ1n) is 9.07. The van der Waals surface area contributed by atoms with Crippen molar-refractivity contribution >= 4 is 22.5 Å². The SMILES string of the molecule is c1ccc(CCNc2nnc(NCc3ccccc3)c3cccnc23)cc1. The van der Waals surface area contributed by atoms with Gasteiger partial charge in [0.05, 0.1) is 0 Å². The lowest BCUT2D eigenvalue weighted by molar-refractivity contribution is 0.966. The minimum Gasteiger partial charge on any atom is -0.366 e. The molecule has 0 saturated heterocycles. The van der Waals surface area contributed by atoms with Gasteiger partial charge in [-0.1, -0.05) is 60.7 Å². The van der Waals surface area contributed by atoms with E-state index in [1.807, 2.05) is 36.4 Å². The summed E-state index contributed by atoms with van der Waals surface area (Å²) in [6.07, 6.45) is 2.71. The summed E-state index contributed by atoms with van der Waals surface area (Å²) in [7, 11) is 0. The highest BCUT2D eigenvalue weighted by Gasteiger charge is 2.10. The molecule has 0 saturated carbocycles. The number of nitrogens with zero attached hydrogens (tertiary/aromatic N) is 3. The maximum Gasteiger partial charge on any atom is 0.175 e. The Morgan fingerprint density at radius 2 is 1.37 bits per heavy atom. The normalized spacial score (nSPS) is 10.7. The highest BCUT2D eigenvalue weighted by molar-refractivity contribution is 5.95. The van der Waals surface area contributed by atoms with Gasteiger partial charge < -0.3 is 10.6 Å². The Morgan fingerprint density at radius 1 is 0.667 bits per heavy atom. The number of fused-ring (bicyclic) bond motifs is 1. The van der Waals surface area contributed by atoms with Gasteiger partial charge in [-0.3, -0.25) is 4.98 Å². The van der Waals surface area contributed by atoms with Crippen molar-refractivity contribution in [3.63, 3.8) is 0 Å². The fourth-order valence-corrected chi connectivity index (χ4v) is 2.99. The van der Waals surface area contributed by atoms with E-state index in [2.05, 4.69) is 62.2 Å². The molecule has 0 bridgehead atoms. The van der Waals surface area contributed by atoms with E-state index in [1.165, 1.54) is 11.1 Å². The van der Waals surface area contributed by atoms with Crippen molar-refractivity contribution in [1.82, 2.24) is 15.2 Å². The molecule has 2 aromatic heterocycles. The van der Waals surface area contributed by atoms with Gasteiger partial charge in [0.15, 0.2) is 11.6 Å². The molecule has 27 heavy (non-hydrogen) atoms. The van der Waals surface area contributed by atoms with Crippen LogP contribution in [0.25, 0.3) is 10.9 Å². The Hall–Kier alpha value is -3.47. The van der Waals surface area contributed by atoms with E-state index in [0.29, 0.717) is 12.4 Å². The standard InChI is InChI=1S/C22H21N5/c1-3-8-17(9-4-1)13-15-24-22-20-19(12-7-14-23-20)21(26-27-22)25-16-18-10-5-2-6-11-18/h1-12,14H,13,15-16H2,(H,24,27)(H,25,26). The Balaban J connectivity index is 1.49. The second kappa shape index (κ2) is 8.27. The Labute approximate surface area is 158 Å². The average molecular weight is 355 g/mol. The molecule has 0 aliphatic carbocycles. The van der Waals surface area contributed by atoms with Crippen molar-refractivity contribution in [3.05, 3.63) is 90.1 Å². The van der Waals surface area contributed by atoms with Gasteiger partial charge in [-0.25, -0.2) is 0 Å². The molecular formula is C22H21N5. The Kier molecular flexibility index (Phi) is 5.20. The summed E-state index contributed by atoms with van der Waals surface area (Å²) < 4.78 is 0. The van der Waals surface area contributed by atoms with Crippen LogP contribution < -0.4 is 10.6 Å². The van der Waals surface area contributed by atoms with Crippen LogP contribution in [-0.2, 0) is 13.0 Å². The molecule has 0 aliphatic rings. The van der Waals surface area contributed by atoms with Gasteiger partial charge in [0.2, 0.25) is 0 Å². The molecule has 0 spiro atoms. The Morgan fingerprint density at radius 3 is 2.15 bits per heavy atom. The molecule has 2 aromatic carbocycles. The van der Waals surface area contributed by atoms with Gasteiger partial charge >= 0.3 is 0 Å². The first-order valence-corrected chi connectivity index (χ1v) is 9.07. The largest absolute Gasteiger partial charge is 0.366 e. The number of hydrogen-bond donors (Lipinski definition) is 2. The lowest BCUT2D eigenvalue weighted by Crippen LogP contribution is -2.10. The highest BCUT2D eigenvalue weighted by Crippen LogP contribution is 2.24. The van der Waals surface area contributed by atoms with Gasteiger partial charge in [0, 0.05) is 24.7 Å². The van der Waals surface area contributed by atoms with E-state index in [0.717, 1.165) is 29.7 Å². The molecule has 0 amide bonds. The van der Waals surface area contributed by atoms with Crippen LogP contribution in [0.15, 0.2) is 79.0 Å². The molecule has 2 N–H and O–H groups in total. The number of rotatable bonds is 7. The van der Waals surface area contributed by atoms with Crippen LogP contribution in [0.5, 0.6) is 0 Å². The zero-order valence-electron chi connectivity index (χ0n) is 15.0. The van der Waals surface area contributed by atoms with Crippen LogP contribution in [0.2, 0.25) is 0 Å². The minimum absolute atomic E-state index is 0.695. The number of hydrogen-bond acceptors (Lipinski definition) is 5. The van der Waals surface area contributed by atoms with E-state index in [4.69, 9.17) is 0 Å². The van der Waals surface area contributed by atoms with Gasteiger partial charge in [0.1, 0.15) is 5.52 Å². The van der Waals surface area contributed by atoms with E-state index in [1.54, 1.807) is 6.20 Å². The van der Waals surface area contributed by atoms with Crippen molar-refractivity contribution in [3.8, 4) is 0 Å². The fourth-order valence-electron chi connectivity index (χ4n) is 2.99. The first-order chi connectivity index (χ1) is 13.4. The van der Waals surface area contributed by atoms with E-state index >= 15 is 0 Å². The Bertz CT molecular complexity index is 1000. The van der Waals surface area contributed by atoms with Crippen LogP contribution in [0.3, 0.4) is 0 Å². The molecule has 0 atom stereocenters. The summed E-state index contributed by atoms with van der Waals surface area (Å²) in [6, 6.07) is 24.6. The maximum absolute atomic E-state index is 4.52. The van der Waals surface area contributed by atoms with Crippen LogP contribution in [-0.4, -0.2) is 21.7 Å². The summed E-state index contributed by atoms with van der Waals surface area (Å²) in [4.78, 5) is 4.52. The van der Waals surface area contributed by atoms with Crippen molar-refractivity contribution in [2.75, 3.05) is 17.2 Å². The van der Waals surface area contributed by atoms with E-state index < -0.39 is 0 Å². The van der Waals surface area contributed by atoms with Crippen LogP contribution in [0, 0.1) is 0 Å². The smallest absolute Gasteiger partial charge is 0.175 e. The zero-order valence-corrected chi connectivity index (χ0v) is 15.0. The molecular weight excluding hydrogens is 334 g/mol. The third kappa shape index (κ3) is 4.20. The number of nitrogens with one attached hydrogen (secondary N) is 2. The topological polar surface area (TPSA) is 62.7 Å². The van der Waals surface area contributed by atoms with Gasteiger partial charge in [0.25, 0.3) is 0 Å². The van der Waals surface area contributed by atoms with Crippen LogP contribution in [0.4, 0.5) is 11.6 Å². The molecule has 4 rings (SSSR count). The van der Waals surface area contributed by atoms with E-state index in [-0.39, 0.29) is 0 Å². The summed E-state index contributed by atoms with van der Waals surface area (Å²) >= 11 is 0. The minimum atomic E-state index is 0.695. The predicted molar refractivity (Wildman–Crippen MR) is 110 cm³/mol. The lowest BCUT2D eigenvalue weighted by Gasteiger charge is -2.11. The summed E-state index contributed by atoms with van der Waals surface area (Å²) in [5.74, 6) is 1.46. The molecule has 0 radical (unpaired) electrons. The van der Waals surface area contributed by atoms with Crippen molar-refractivity contribution in [2.24, 2.45) is 0 Å². The van der Waals surface area contributed by atoms with Crippen molar-refractivity contribution in [1.29, 1.82) is 0 Å². The number of benzene rings is 2. The molecule has 0 fully saturated rings. The predicted octanol–water partition coefficient (Wildman–Crippen LogP) is 4.29. The molecule has 4 aromatic rings. The molecule has 134 valence electrons. The zero-order chi connectivity index (χ0) is 18.3. The third-order valence-corrected chi connectivity index (χ3v) is 4.39. The van der Waals surface area contributed by atoms with E-state index in [9.17, 15) is 0 Å². The second-order valence-corrected chi connectivity index (χ2v) is 6.30. The number of aromatic nitrogens is 3. The summed E-state index contributed by atoms with van der Waals surface area (Å²) in [5, 5.41) is 16.5. The van der Waals surface area contributed by atoms with Crippen molar-refractivity contribution < 1.29 is 0 Å². The van der Waals surface area contributed by atoms with Gasteiger partial charge in [-0.15, -0.1) is 10.2 Å². The summed E-state index contributed by atoms with van der Waals surface area (Å²) in [5.41, 5.74) is 3.31. The quantitative estimate of drug-likeness (QED) is 0.518. The molecule has 5 nitrogen and oxygen atoms in total. The molecule has 0 unspecified atom stereocenters. The second-order valence-electron chi connectivity index (χ2n) is 6.30. The fraction of sp³-hybridized carbons (Fsp3) is 0.136. The average Bonchev–Trinajstić information content (AvgIpc) is 2.74. The third-order valence-electron chi connectivity index (χ3n) is 4.39. The number of anilines is 2. The van der Waals surface area contributed by atoms with Gasteiger partial charge in [-0.05, 0) is 29.7 Å². The first kappa shape index (κ1) is 17.0. The highest BCUT2D eigenvalue weighted by atomic mass is 15.2.